The van der Waals surface area contributed by atoms with Crippen molar-refractivity contribution in [2.24, 2.45) is 17.8 Å². The first-order valence-corrected chi connectivity index (χ1v) is 10.7. The van der Waals surface area contributed by atoms with Gasteiger partial charge in [-0.1, -0.05) is 32.0 Å². The fourth-order valence-corrected chi connectivity index (χ4v) is 4.83. The van der Waals surface area contributed by atoms with E-state index in [0.29, 0.717) is 19.5 Å². The number of piperidine rings is 1. The lowest BCUT2D eigenvalue weighted by Gasteiger charge is -2.27. The maximum Gasteiger partial charge on any atom is 0.410 e. The first-order chi connectivity index (χ1) is 14.0. The lowest BCUT2D eigenvalue weighted by atomic mass is 9.80. The van der Waals surface area contributed by atoms with E-state index in [1.54, 1.807) is 4.90 Å². The summed E-state index contributed by atoms with van der Waals surface area (Å²) < 4.78 is 5.46. The Balaban J connectivity index is 1.43. The Morgan fingerprint density at radius 3 is 2.33 bits per heavy atom. The highest BCUT2D eigenvalue weighted by molar-refractivity contribution is 5.88. The molecule has 0 radical (unpaired) electrons. The summed E-state index contributed by atoms with van der Waals surface area (Å²) in [6.45, 7) is 12.9. The van der Waals surface area contributed by atoms with Crippen LogP contribution in [0.25, 0.3) is 10.9 Å². The van der Waals surface area contributed by atoms with Gasteiger partial charge in [-0.15, -0.1) is 0 Å². The molecule has 2 fully saturated rings. The van der Waals surface area contributed by atoms with Crippen LogP contribution >= 0.6 is 0 Å². The third kappa shape index (κ3) is 3.92. The molecule has 1 aromatic heterocycles. The van der Waals surface area contributed by atoms with Gasteiger partial charge in [0.25, 0.3) is 0 Å². The Morgan fingerprint density at radius 1 is 1.07 bits per heavy atom. The highest BCUT2D eigenvalue weighted by atomic mass is 16.6. The summed E-state index contributed by atoms with van der Waals surface area (Å²) in [5.74, 6) is 1.59. The molecule has 3 atom stereocenters. The number of benzene rings is 1. The molecule has 1 amide bonds. The topological polar surface area (TPSA) is 72.4 Å². The van der Waals surface area contributed by atoms with Crippen LogP contribution in [0.4, 0.5) is 4.79 Å². The van der Waals surface area contributed by atoms with Crippen molar-refractivity contribution in [2.45, 2.75) is 59.0 Å². The molecule has 1 saturated carbocycles. The summed E-state index contributed by atoms with van der Waals surface area (Å²) in [5, 5.41) is 1.01. The number of ether oxygens (including phenoxy) is 1. The number of ketones is 1. The van der Waals surface area contributed by atoms with E-state index >= 15 is 0 Å². The predicted octanol–water partition coefficient (Wildman–Crippen LogP) is 4.29. The number of Topliss-reactive ketones (excluding diaryl/α,β-unsaturated/α-hetero) is 1. The van der Waals surface area contributed by atoms with Crippen molar-refractivity contribution in [1.29, 1.82) is 0 Å². The number of carbonyl (C=O) groups excluding carboxylic acids is 2. The van der Waals surface area contributed by atoms with Crippen LogP contribution in [0.5, 0.6) is 0 Å². The van der Waals surface area contributed by atoms with Crippen molar-refractivity contribution >= 4 is 22.8 Å². The monoisotopic (exact) mass is 409 g/mol. The molecule has 1 aliphatic heterocycles. The molecule has 30 heavy (non-hydrogen) atoms. The average molecular weight is 410 g/mol. The molecule has 6 nitrogen and oxygen atoms in total. The molecule has 1 unspecified atom stereocenters. The van der Waals surface area contributed by atoms with Gasteiger partial charge in [0.15, 0.2) is 0 Å². The molecular formula is C24H31N3O3. The van der Waals surface area contributed by atoms with E-state index in [9.17, 15) is 9.59 Å². The van der Waals surface area contributed by atoms with Crippen molar-refractivity contribution in [1.82, 2.24) is 14.9 Å². The number of carbonyl (C=O) groups is 2. The van der Waals surface area contributed by atoms with Gasteiger partial charge in [0.2, 0.25) is 0 Å². The number of nitrogens with zero attached hydrogens (tertiary/aromatic N) is 3. The van der Waals surface area contributed by atoms with Gasteiger partial charge < -0.3 is 9.64 Å². The van der Waals surface area contributed by atoms with E-state index in [0.717, 1.165) is 22.4 Å². The highest BCUT2D eigenvalue weighted by Crippen LogP contribution is 2.53. The molecule has 2 heterocycles. The zero-order valence-electron chi connectivity index (χ0n) is 18.7. The molecule has 160 valence electrons. The first kappa shape index (κ1) is 20.8. The Kier molecular flexibility index (Phi) is 4.87. The lowest BCUT2D eigenvalue weighted by molar-refractivity contribution is -0.122. The first-order valence-electron chi connectivity index (χ1n) is 10.7. The second-order valence-electron chi connectivity index (χ2n) is 10.4. The lowest BCUT2D eigenvalue weighted by Crippen LogP contribution is -2.37. The zero-order chi connectivity index (χ0) is 21.8. The minimum absolute atomic E-state index is 0.0529. The molecule has 2 aliphatic rings. The summed E-state index contributed by atoms with van der Waals surface area (Å²) in [5.41, 5.74) is 0.963. The SMILES string of the molecule is Cc1nc(C(C)(C)CC(=O)C2[C@H]3CN(C(=O)OC(C)(C)C)C[C@@H]23)c2ccccc2n1. The number of hydrogen-bond donors (Lipinski definition) is 0. The Hall–Kier alpha value is -2.50. The molecule has 0 bridgehead atoms. The standard InChI is InChI=1S/C24H31N3O3/c1-14-25-18-10-8-7-9-15(18)21(26-14)24(5,6)11-19(28)20-16-12-27(13-17(16)20)22(29)30-23(2,3)4/h7-10,16-17,20H,11-13H2,1-6H3/t16-,17+,20?. The van der Waals surface area contributed by atoms with Crippen molar-refractivity contribution in [3.63, 3.8) is 0 Å². The number of aryl methyl sites for hydroxylation is 1. The van der Waals surface area contributed by atoms with E-state index < -0.39 is 5.60 Å². The quantitative estimate of drug-likeness (QED) is 0.753. The van der Waals surface area contributed by atoms with Gasteiger partial charge in [-0.05, 0) is 45.6 Å². The minimum atomic E-state index is -0.498. The Labute approximate surface area is 178 Å². The molecule has 1 saturated heterocycles. The molecule has 1 aromatic carbocycles. The summed E-state index contributed by atoms with van der Waals surface area (Å²) in [7, 11) is 0. The van der Waals surface area contributed by atoms with Crippen LogP contribution in [0, 0.1) is 24.7 Å². The van der Waals surface area contributed by atoms with Gasteiger partial charge in [0, 0.05) is 36.2 Å². The van der Waals surface area contributed by atoms with Crippen LogP contribution in [0.2, 0.25) is 0 Å². The van der Waals surface area contributed by atoms with E-state index in [2.05, 4.69) is 18.8 Å². The second-order valence-corrected chi connectivity index (χ2v) is 10.4. The van der Waals surface area contributed by atoms with Crippen LogP contribution in [0.3, 0.4) is 0 Å². The van der Waals surface area contributed by atoms with Gasteiger partial charge in [0.05, 0.1) is 11.2 Å². The van der Waals surface area contributed by atoms with Crippen molar-refractivity contribution < 1.29 is 14.3 Å². The highest BCUT2D eigenvalue weighted by Gasteiger charge is 2.60. The average Bonchev–Trinajstić information content (AvgIpc) is 3.13. The van der Waals surface area contributed by atoms with Gasteiger partial charge in [0.1, 0.15) is 17.2 Å². The number of amides is 1. The molecule has 0 N–H and O–H groups in total. The van der Waals surface area contributed by atoms with Crippen molar-refractivity contribution in [3.05, 3.63) is 35.8 Å². The predicted molar refractivity (Wildman–Crippen MR) is 115 cm³/mol. The molecule has 2 aromatic rings. The molecule has 0 spiro atoms. The van der Waals surface area contributed by atoms with Crippen LogP contribution < -0.4 is 0 Å². The van der Waals surface area contributed by atoms with Crippen molar-refractivity contribution in [3.8, 4) is 0 Å². The number of para-hydroxylation sites is 1. The summed E-state index contributed by atoms with van der Waals surface area (Å²) in [6, 6.07) is 7.97. The third-order valence-corrected chi connectivity index (χ3v) is 6.19. The number of likely N-dealkylation sites (tertiary alicyclic amines) is 1. The molecule has 4 rings (SSSR count). The van der Waals surface area contributed by atoms with Gasteiger partial charge in [-0.3, -0.25) is 4.79 Å². The molecule has 6 heteroatoms. The van der Waals surface area contributed by atoms with Gasteiger partial charge >= 0.3 is 6.09 Å². The fraction of sp³-hybridized carbons (Fsp3) is 0.583. The van der Waals surface area contributed by atoms with E-state index in [-0.39, 0.29) is 35.0 Å². The Bertz CT molecular complexity index is 996. The Morgan fingerprint density at radius 2 is 1.70 bits per heavy atom. The maximum atomic E-state index is 13.2. The van der Waals surface area contributed by atoms with Crippen LogP contribution in [0.1, 0.15) is 52.6 Å². The van der Waals surface area contributed by atoms with Crippen molar-refractivity contribution in [2.75, 3.05) is 13.1 Å². The van der Waals surface area contributed by atoms with Gasteiger partial charge in [-0.2, -0.15) is 0 Å². The minimum Gasteiger partial charge on any atom is -0.444 e. The van der Waals surface area contributed by atoms with Crippen LogP contribution in [-0.4, -0.2) is 45.4 Å². The largest absolute Gasteiger partial charge is 0.444 e. The normalized spacial score (nSPS) is 23.4. The zero-order valence-corrected chi connectivity index (χ0v) is 18.7. The fourth-order valence-electron chi connectivity index (χ4n) is 4.83. The maximum absolute atomic E-state index is 13.2. The number of fused-ring (bicyclic) bond motifs is 2. The smallest absolute Gasteiger partial charge is 0.410 e. The van der Waals surface area contributed by atoms with Gasteiger partial charge in [-0.25, -0.2) is 14.8 Å². The number of hydrogen-bond acceptors (Lipinski definition) is 5. The van der Waals surface area contributed by atoms with Crippen LogP contribution in [0.15, 0.2) is 24.3 Å². The van der Waals surface area contributed by atoms with Crippen LogP contribution in [-0.2, 0) is 14.9 Å². The summed E-state index contributed by atoms with van der Waals surface area (Å²) in [6.07, 6.45) is 0.168. The molecule has 1 aliphatic carbocycles. The van der Waals surface area contributed by atoms with E-state index in [1.165, 1.54) is 0 Å². The number of rotatable bonds is 4. The van der Waals surface area contributed by atoms with E-state index in [1.807, 2.05) is 52.0 Å². The third-order valence-electron chi connectivity index (χ3n) is 6.19. The number of aromatic nitrogens is 2. The van der Waals surface area contributed by atoms with E-state index in [4.69, 9.17) is 9.72 Å². The summed E-state index contributed by atoms with van der Waals surface area (Å²) in [4.78, 5) is 36.4. The summed E-state index contributed by atoms with van der Waals surface area (Å²) >= 11 is 0. The second kappa shape index (κ2) is 7.03. The molecular weight excluding hydrogens is 378 g/mol.